The Labute approximate surface area is 245 Å². The molecule has 0 aliphatic carbocycles. The number of esters is 1. The molecule has 0 saturated heterocycles. The Morgan fingerprint density at radius 3 is 2.37 bits per heavy atom. The summed E-state index contributed by atoms with van der Waals surface area (Å²) in [6.45, 7) is 4.23. The number of carbonyl (C=O) groups is 2. The van der Waals surface area contributed by atoms with Gasteiger partial charge in [0.1, 0.15) is 0 Å². The summed E-state index contributed by atoms with van der Waals surface area (Å²) in [4.78, 5) is 38.2. The van der Waals surface area contributed by atoms with E-state index in [2.05, 4.69) is 36.1 Å². The summed E-state index contributed by atoms with van der Waals surface area (Å²) < 4.78 is 5.24. The van der Waals surface area contributed by atoms with Gasteiger partial charge in [-0.3, -0.25) is 14.9 Å². The zero-order valence-electron chi connectivity index (χ0n) is 23.5. The highest BCUT2D eigenvalue weighted by atomic mass is 16.6. The molecule has 1 N–H and O–H groups in total. The maximum atomic E-state index is 12.6. The minimum atomic E-state index is -0.508. The highest BCUT2D eigenvalue weighted by Gasteiger charge is 2.17. The molecule has 0 saturated carbocycles. The number of non-ortho nitro benzene ring substituents is 1. The third-order valence-electron chi connectivity index (χ3n) is 6.41. The molecule has 2 heterocycles. The lowest BCUT2D eigenvalue weighted by molar-refractivity contribution is -0.384. The van der Waals surface area contributed by atoms with Gasteiger partial charge in [0.15, 0.2) is 11.6 Å². The average Bonchev–Trinajstić information content (AvgIpc) is 3.62. The Hall–Kier alpha value is -5.60. The fraction of sp³-hybridized carbons (Fsp3) is 0.286. The Morgan fingerprint density at radius 2 is 1.67 bits per heavy atom. The molecule has 0 radical (unpaired) electrons. The van der Waals surface area contributed by atoms with Gasteiger partial charge < -0.3 is 10.1 Å². The van der Waals surface area contributed by atoms with Crippen molar-refractivity contribution >= 4 is 34.0 Å². The van der Waals surface area contributed by atoms with Crippen LogP contribution in [0.15, 0.2) is 54.6 Å². The lowest BCUT2D eigenvalue weighted by Crippen LogP contribution is -2.14. The maximum Gasteiger partial charge on any atom is 0.338 e. The standard InChI is InChI=1S/C28H28N10O5/c1-3-7-27(39)29-24-11-10-21(38(41)42)14-20(24)17-37-33-26(31-35-37)15-25-30-34-36(32-25)16-18-12-19-8-5-6-9-22(19)23(13-18)28(40)43-4-2/h5-6,8-14H,3-4,7,15-17H2,1-2H3,(H,29,39). The van der Waals surface area contributed by atoms with Crippen molar-refractivity contribution in [3.8, 4) is 0 Å². The van der Waals surface area contributed by atoms with Crippen LogP contribution in [-0.2, 0) is 29.0 Å². The van der Waals surface area contributed by atoms with Crippen molar-refractivity contribution in [2.24, 2.45) is 0 Å². The van der Waals surface area contributed by atoms with Gasteiger partial charge in [-0.15, -0.1) is 20.4 Å². The van der Waals surface area contributed by atoms with Crippen LogP contribution in [0, 0.1) is 10.1 Å². The van der Waals surface area contributed by atoms with Crippen molar-refractivity contribution in [2.75, 3.05) is 11.9 Å². The van der Waals surface area contributed by atoms with Gasteiger partial charge in [-0.2, -0.15) is 9.59 Å². The minimum absolute atomic E-state index is 0.0430. The number of fused-ring (bicyclic) bond motifs is 1. The molecule has 0 aliphatic rings. The van der Waals surface area contributed by atoms with Gasteiger partial charge in [0.05, 0.1) is 36.6 Å². The van der Waals surface area contributed by atoms with Crippen LogP contribution in [0.25, 0.3) is 10.8 Å². The topological polar surface area (TPSA) is 186 Å². The Balaban J connectivity index is 1.30. The molecule has 2 aromatic heterocycles. The fourth-order valence-electron chi connectivity index (χ4n) is 4.51. The summed E-state index contributed by atoms with van der Waals surface area (Å²) in [6.07, 6.45) is 1.13. The molecule has 3 aromatic carbocycles. The number of aromatic nitrogens is 8. The van der Waals surface area contributed by atoms with Crippen molar-refractivity contribution in [1.29, 1.82) is 0 Å². The van der Waals surface area contributed by atoms with Crippen LogP contribution in [-0.4, -0.2) is 63.8 Å². The first kappa shape index (κ1) is 28.9. The van der Waals surface area contributed by atoms with Gasteiger partial charge in [0, 0.05) is 29.8 Å². The van der Waals surface area contributed by atoms with Crippen molar-refractivity contribution in [2.45, 2.75) is 46.2 Å². The molecule has 5 aromatic rings. The molecule has 15 heteroatoms. The van der Waals surface area contributed by atoms with E-state index < -0.39 is 10.9 Å². The average molecular weight is 585 g/mol. The lowest BCUT2D eigenvalue weighted by atomic mass is 10.0. The quantitative estimate of drug-likeness (QED) is 0.129. The first-order chi connectivity index (χ1) is 20.8. The second kappa shape index (κ2) is 12.9. The molecular weight excluding hydrogens is 556 g/mol. The van der Waals surface area contributed by atoms with E-state index in [1.165, 1.54) is 27.8 Å². The normalized spacial score (nSPS) is 11.0. The van der Waals surface area contributed by atoms with Crippen molar-refractivity contribution in [3.05, 3.63) is 93.1 Å². The highest BCUT2D eigenvalue weighted by molar-refractivity contribution is 6.04. The summed E-state index contributed by atoms with van der Waals surface area (Å²) in [5.41, 5.74) is 2.04. The maximum absolute atomic E-state index is 12.6. The Morgan fingerprint density at radius 1 is 0.953 bits per heavy atom. The largest absolute Gasteiger partial charge is 0.462 e. The predicted molar refractivity (Wildman–Crippen MR) is 153 cm³/mol. The first-order valence-corrected chi connectivity index (χ1v) is 13.6. The molecule has 43 heavy (non-hydrogen) atoms. The number of nitrogens with one attached hydrogen (secondary N) is 1. The predicted octanol–water partition coefficient (Wildman–Crippen LogP) is 3.32. The van der Waals surface area contributed by atoms with E-state index in [0.717, 1.165) is 16.3 Å². The monoisotopic (exact) mass is 584 g/mol. The van der Waals surface area contributed by atoms with Crippen molar-refractivity contribution in [3.63, 3.8) is 0 Å². The van der Waals surface area contributed by atoms with E-state index in [4.69, 9.17) is 4.74 Å². The number of nitrogens with zero attached hydrogens (tertiary/aromatic N) is 9. The number of tetrazole rings is 2. The van der Waals surface area contributed by atoms with Crippen LogP contribution >= 0.6 is 0 Å². The number of nitro groups is 1. The molecule has 0 aliphatic heterocycles. The van der Waals surface area contributed by atoms with Gasteiger partial charge in [-0.1, -0.05) is 31.2 Å². The van der Waals surface area contributed by atoms with Crippen LogP contribution in [0.1, 0.15) is 59.8 Å². The highest BCUT2D eigenvalue weighted by Crippen LogP contribution is 2.24. The van der Waals surface area contributed by atoms with E-state index >= 15 is 0 Å². The molecular formula is C28H28N10O5. The number of amides is 1. The van der Waals surface area contributed by atoms with Crippen LogP contribution in [0.4, 0.5) is 11.4 Å². The van der Waals surface area contributed by atoms with E-state index in [9.17, 15) is 19.7 Å². The number of ether oxygens (including phenoxy) is 1. The smallest absolute Gasteiger partial charge is 0.338 e. The molecule has 0 unspecified atom stereocenters. The SMILES string of the molecule is CCCC(=O)Nc1ccc([N+](=O)[O-])cc1Cn1nnc(Cc2nnn(Cc3cc(C(=O)OCC)c4ccccc4c3)n2)n1. The number of carbonyl (C=O) groups excluding carboxylic acids is 2. The summed E-state index contributed by atoms with van der Waals surface area (Å²) in [7, 11) is 0. The zero-order valence-corrected chi connectivity index (χ0v) is 23.5. The van der Waals surface area contributed by atoms with Crippen LogP contribution in [0.3, 0.4) is 0 Å². The number of rotatable bonds is 12. The number of benzene rings is 3. The fourth-order valence-corrected chi connectivity index (χ4v) is 4.51. The van der Waals surface area contributed by atoms with Crippen LogP contribution in [0.5, 0.6) is 0 Å². The summed E-state index contributed by atoms with van der Waals surface area (Å²) in [6, 6.07) is 15.5. The first-order valence-electron chi connectivity index (χ1n) is 13.6. The number of nitro benzene ring substituents is 1. The van der Waals surface area contributed by atoms with Crippen molar-refractivity contribution in [1.82, 2.24) is 40.4 Å². The Kier molecular flexibility index (Phi) is 8.69. The van der Waals surface area contributed by atoms with Gasteiger partial charge in [0.2, 0.25) is 5.91 Å². The summed E-state index contributed by atoms with van der Waals surface area (Å²) in [5.74, 6) is 0.0769. The van der Waals surface area contributed by atoms with E-state index in [1.54, 1.807) is 13.0 Å². The molecule has 220 valence electrons. The van der Waals surface area contributed by atoms with E-state index in [0.29, 0.717) is 41.3 Å². The summed E-state index contributed by atoms with van der Waals surface area (Å²) in [5, 5.41) is 40.9. The number of hydrogen-bond acceptors (Lipinski definition) is 11. The Bertz CT molecular complexity index is 1800. The van der Waals surface area contributed by atoms with Crippen LogP contribution < -0.4 is 5.32 Å². The molecule has 0 spiro atoms. The molecule has 0 bridgehead atoms. The van der Waals surface area contributed by atoms with E-state index in [-0.39, 0.29) is 37.7 Å². The van der Waals surface area contributed by atoms with Gasteiger partial charge in [-0.25, -0.2) is 4.79 Å². The number of hydrogen-bond donors (Lipinski definition) is 1. The van der Waals surface area contributed by atoms with Gasteiger partial charge in [0.25, 0.3) is 5.69 Å². The molecule has 0 fully saturated rings. The second-order valence-electron chi connectivity index (χ2n) is 9.63. The van der Waals surface area contributed by atoms with E-state index in [1.807, 2.05) is 37.3 Å². The second-order valence-corrected chi connectivity index (χ2v) is 9.63. The zero-order chi connectivity index (χ0) is 30.3. The number of anilines is 1. The summed E-state index contributed by atoms with van der Waals surface area (Å²) >= 11 is 0. The molecule has 0 atom stereocenters. The molecule has 1 amide bonds. The molecule has 5 rings (SSSR count). The van der Waals surface area contributed by atoms with Crippen LogP contribution in [0.2, 0.25) is 0 Å². The minimum Gasteiger partial charge on any atom is -0.462 e. The lowest BCUT2D eigenvalue weighted by Gasteiger charge is -2.10. The molecule has 15 nitrogen and oxygen atoms in total. The van der Waals surface area contributed by atoms with Crippen molar-refractivity contribution < 1.29 is 19.2 Å². The van der Waals surface area contributed by atoms with Gasteiger partial charge >= 0.3 is 5.97 Å². The third kappa shape index (κ3) is 7.01. The van der Waals surface area contributed by atoms with Gasteiger partial charge in [-0.05, 0) is 58.3 Å². The third-order valence-corrected chi connectivity index (χ3v) is 6.41.